The zero-order valence-corrected chi connectivity index (χ0v) is 12.6. The normalized spacial score (nSPS) is 16.5. The fraction of sp³-hybridized carbons (Fsp3) is 0.500. The summed E-state index contributed by atoms with van der Waals surface area (Å²) in [6.07, 6.45) is 2.25. The first-order valence-electron chi connectivity index (χ1n) is 7.25. The summed E-state index contributed by atoms with van der Waals surface area (Å²) in [5.74, 6) is 0.0677. The van der Waals surface area contributed by atoms with E-state index in [0.717, 1.165) is 25.9 Å². The minimum Gasteiger partial charge on any atom is -0.465 e. The Kier molecular flexibility index (Phi) is 5.33. The van der Waals surface area contributed by atoms with Gasteiger partial charge in [-0.15, -0.1) is 0 Å². The molecule has 1 heterocycles. The van der Waals surface area contributed by atoms with E-state index in [9.17, 15) is 9.59 Å². The van der Waals surface area contributed by atoms with Crippen molar-refractivity contribution in [2.45, 2.75) is 12.8 Å². The highest BCUT2D eigenvalue weighted by Crippen LogP contribution is 2.15. The summed E-state index contributed by atoms with van der Waals surface area (Å²) in [6.45, 7) is 2.90. The minimum atomic E-state index is -0.395. The van der Waals surface area contributed by atoms with Crippen molar-refractivity contribution in [3.05, 3.63) is 35.4 Å². The molecule has 0 bridgehead atoms. The summed E-state index contributed by atoms with van der Waals surface area (Å²) < 4.78 is 4.63. The maximum atomic E-state index is 12.1. The monoisotopic (exact) mass is 290 g/mol. The molecule has 0 aromatic heterocycles. The molecule has 1 amide bonds. The van der Waals surface area contributed by atoms with Crippen LogP contribution in [0.5, 0.6) is 0 Å². The van der Waals surface area contributed by atoms with Crippen molar-refractivity contribution in [1.82, 2.24) is 10.2 Å². The predicted octanol–water partition coefficient (Wildman–Crippen LogP) is 1.54. The molecule has 1 N–H and O–H groups in total. The molecule has 0 spiro atoms. The largest absolute Gasteiger partial charge is 0.465 e. The van der Waals surface area contributed by atoms with Crippen LogP contribution in [0.1, 0.15) is 33.6 Å². The standard InChI is InChI=1S/C16H22N2O3/c1-18-9-7-12(8-10-18)11-17-15(19)13-3-5-14(6-4-13)16(20)21-2/h3-6,12H,7-11H2,1-2H3,(H,17,19). The van der Waals surface area contributed by atoms with E-state index in [1.165, 1.54) is 7.11 Å². The molecule has 1 aliphatic heterocycles. The summed E-state index contributed by atoms with van der Waals surface area (Å²) >= 11 is 0. The van der Waals surface area contributed by atoms with Crippen LogP contribution in [0.25, 0.3) is 0 Å². The third-order valence-corrected chi connectivity index (χ3v) is 3.96. The minimum absolute atomic E-state index is 0.0923. The topological polar surface area (TPSA) is 58.6 Å². The Bertz CT molecular complexity index is 491. The number of piperidine rings is 1. The number of hydrogen-bond acceptors (Lipinski definition) is 4. The van der Waals surface area contributed by atoms with Gasteiger partial charge in [-0.1, -0.05) is 0 Å². The van der Waals surface area contributed by atoms with E-state index < -0.39 is 5.97 Å². The first-order valence-corrected chi connectivity index (χ1v) is 7.25. The van der Waals surface area contributed by atoms with Crippen LogP contribution in [0.15, 0.2) is 24.3 Å². The number of benzene rings is 1. The van der Waals surface area contributed by atoms with E-state index in [4.69, 9.17) is 0 Å². The Labute approximate surface area is 125 Å². The summed E-state index contributed by atoms with van der Waals surface area (Å²) in [5, 5.41) is 2.97. The average Bonchev–Trinajstić information content (AvgIpc) is 2.53. The van der Waals surface area contributed by atoms with Gasteiger partial charge in [0.15, 0.2) is 0 Å². The van der Waals surface area contributed by atoms with Crippen LogP contribution in [0.4, 0.5) is 0 Å². The van der Waals surface area contributed by atoms with Crippen LogP contribution in [0, 0.1) is 5.92 Å². The number of methoxy groups -OCH3 is 1. The molecule has 1 fully saturated rings. The third kappa shape index (κ3) is 4.29. The van der Waals surface area contributed by atoms with Crippen LogP contribution in [0.3, 0.4) is 0 Å². The highest BCUT2D eigenvalue weighted by Gasteiger charge is 2.17. The van der Waals surface area contributed by atoms with Crippen LogP contribution >= 0.6 is 0 Å². The zero-order valence-electron chi connectivity index (χ0n) is 12.6. The fourth-order valence-corrected chi connectivity index (χ4v) is 2.48. The number of nitrogens with zero attached hydrogens (tertiary/aromatic N) is 1. The highest BCUT2D eigenvalue weighted by molar-refractivity contribution is 5.96. The molecule has 1 saturated heterocycles. The highest BCUT2D eigenvalue weighted by atomic mass is 16.5. The molecule has 0 saturated carbocycles. The second kappa shape index (κ2) is 7.22. The summed E-state index contributed by atoms with van der Waals surface area (Å²) in [7, 11) is 3.46. The van der Waals surface area contributed by atoms with Crippen molar-refractivity contribution in [2.75, 3.05) is 33.8 Å². The number of esters is 1. The van der Waals surface area contributed by atoms with Gasteiger partial charge in [0, 0.05) is 12.1 Å². The maximum Gasteiger partial charge on any atom is 0.337 e. The third-order valence-electron chi connectivity index (χ3n) is 3.96. The summed E-state index contributed by atoms with van der Waals surface area (Å²) in [6, 6.07) is 6.51. The van der Waals surface area contributed by atoms with E-state index >= 15 is 0 Å². The lowest BCUT2D eigenvalue weighted by atomic mass is 9.97. The molecule has 0 unspecified atom stereocenters. The van der Waals surface area contributed by atoms with Crippen LogP contribution in [0.2, 0.25) is 0 Å². The predicted molar refractivity (Wildman–Crippen MR) is 80.3 cm³/mol. The van der Waals surface area contributed by atoms with E-state index in [0.29, 0.717) is 23.6 Å². The van der Waals surface area contributed by atoms with Gasteiger partial charge in [-0.2, -0.15) is 0 Å². The Balaban J connectivity index is 1.84. The quantitative estimate of drug-likeness (QED) is 0.855. The molecular formula is C16H22N2O3. The van der Waals surface area contributed by atoms with Crippen molar-refractivity contribution < 1.29 is 14.3 Å². The number of nitrogens with one attached hydrogen (secondary N) is 1. The van der Waals surface area contributed by atoms with E-state index in [1.807, 2.05) is 0 Å². The Hall–Kier alpha value is -1.88. The second-order valence-electron chi connectivity index (χ2n) is 5.53. The lowest BCUT2D eigenvalue weighted by Gasteiger charge is -2.28. The Morgan fingerprint density at radius 2 is 1.76 bits per heavy atom. The van der Waals surface area contributed by atoms with E-state index in [2.05, 4.69) is 22.0 Å². The summed E-state index contributed by atoms with van der Waals surface area (Å²) in [5.41, 5.74) is 1.01. The van der Waals surface area contributed by atoms with Gasteiger partial charge < -0.3 is 15.0 Å². The maximum absolute atomic E-state index is 12.1. The molecular weight excluding hydrogens is 268 g/mol. The average molecular weight is 290 g/mol. The number of carbonyl (C=O) groups excluding carboxylic acids is 2. The van der Waals surface area contributed by atoms with Crippen molar-refractivity contribution in [3.8, 4) is 0 Å². The molecule has 0 atom stereocenters. The number of likely N-dealkylation sites (tertiary alicyclic amines) is 1. The van der Waals surface area contributed by atoms with Crippen LogP contribution in [-0.4, -0.2) is 50.6 Å². The van der Waals surface area contributed by atoms with Crippen molar-refractivity contribution in [1.29, 1.82) is 0 Å². The fourth-order valence-electron chi connectivity index (χ4n) is 2.48. The van der Waals surface area contributed by atoms with Crippen molar-refractivity contribution >= 4 is 11.9 Å². The molecule has 2 rings (SSSR count). The van der Waals surface area contributed by atoms with Gasteiger partial charge in [-0.25, -0.2) is 4.79 Å². The molecule has 5 nitrogen and oxygen atoms in total. The molecule has 0 aliphatic carbocycles. The van der Waals surface area contributed by atoms with Gasteiger partial charge in [0.05, 0.1) is 12.7 Å². The Morgan fingerprint density at radius 1 is 1.19 bits per heavy atom. The van der Waals surface area contributed by atoms with Gasteiger partial charge >= 0.3 is 5.97 Å². The van der Waals surface area contributed by atoms with E-state index in [1.54, 1.807) is 24.3 Å². The molecule has 114 valence electrons. The molecule has 1 aliphatic rings. The van der Waals surface area contributed by atoms with Crippen molar-refractivity contribution in [2.24, 2.45) is 5.92 Å². The Morgan fingerprint density at radius 3 is 2.33 bits per heavy atom. The lowest BCUT2D eigenvalue weighted by molar-refractivity contribution is 0.0600. The first kappa shape index (κ1) is 15.5. The number of ether oxygens (including phenoxy) is 1. The smallest absolute Gasteiger partial charge is 0.337 e. The van der Waals surface area contributed by atoms with Gasteiger partial charge in [-0.3, -0.25) is 4.79 Å². The van der Waals surface area contributed by atoms with Crippen LogP contribution in [-0.2, 0) is 4.74 Å². The number of hydrogen-bond donors (Lipinski definition) is 1. The molecule has 1 aromatic carbocycles. The van der Waals surface area contributed by atoms with Gasteiger partial charge in [0.25, 0.3) is 5.91 Å². The zero-order chi connectivity index (χ0) is 15.2. The number of rotatable bonds is 4. The van der Waals surface area contributed by atoms with Gasteiger partial charge in [0.2, 0.25) is 0 Å². The summed E-state index contributed by atoms with van der Waals surface area (Å²) in [4.78, 5) is 25.7. The van der Waals surface area contributed by atoms with E-state index in [-0.39, 0.29) is 5.91 Å². The molecule has 1 aromatic rings. The molecule has 5 heteroatoms. The second-order valence-corrected chi connectivity index (χ2v) is 5.53. The number of carbonyl (C=O) groups is 2. The molecule has 0 radical (unpaired) electrons. The number of amides is 1. The lowest BCUT2D eigenvalue weighted by Crippen LogP contribution is -2.36. The van der Waals surface area contributed by atoms with Crippen molar-refractivity contribution in [3.63, 3.8) is 0 Å². The van der Waals surface area contributed by atoms with Gasteiger partial charge in [0.1, 0.15) is 0 Å². The SMILES string of the molecule is COC(=O)c1ccc(C(=O)NCC2CCN(C)CC2)cc1. The van der Waals surface area contributed by atoms with Gasteiger partial charge in [-0.05, 0) is 63.2 Å². The first-order chi connectivity index (χ1) is 10.1. The molecule has 21 heavy (non-hydrogen) atoms. The van der Waals surface area contributed by atoms with Crippen LogP contribution < -0.4 is 5.32 Å².